The van der Waals surface area contributed by atoms with Crippen LogP contribution in [0.3, 0.4) is 0 Å². The number of likely N-dealkylation sites (tertiary alicyclic amines) is 2. The van der Waals surface area contributed by atoms with E-state index in [1.807, 2.05) is 20.8 Å². The van der Waals surface area contributed by atoms with Crippen molar-refractivity contribution in [1.82, 2.24) is 9.80 Å². The van der Waals surface area contributed by atoms with Gasteiger partial charge in [-0.3, -0.25) is 14.6 Å². The SMILES string of the molecule is C#CC1(N2CCC[C@]3(CCCN3[C@H](C(=O)OC(C)(C)C)C(C)C)C2)COC1. The number of rotatable bonds is 4. The molecule has 3 aliphatic heterocycles. The summed E-state index contributed by atoms with van der Waals surface area (Å²) >= 11 is 0. The molecule has 0 radical (unpaired) electrons. The van der Waals surface area contributed by atoms with Crippen molar-refractivity contribution in [3.8, 4) is 12.3 Å². The van der Waals surface area contributed by atoms with Crippen LogP contribution in [-0.2, 0) is 14.3 Å². The summed E-state index contributed by atoms with van der Waals surface area (Å²) in [7, 11) is 0. The number of hydrogen-bond acceptors (Lipinski definition) is 5. The summed E-state index contributed by atoms with van der Waals surface area (Å²) in [5.41, 5.74) is -0.697. The molecule has 3 saturated heterocycles. The first-order valence-corrected chi connectivity index (χ1v) is 10.4. The molecule has 3 aliphatic rings. The van der Waals surface area contributed by atoms with Crippen molar-refractivity contribution >= 4 is 5.97 Å². The highest BCUT2D eigenvalue weighted by Crippen LogP contribution is 2.42. The van der Waals surface area contributed by atoms with Gasteiger partial charge in [-0.25, -0.2) is 0 Å². The van der Waals surface area contributed by atoms with Crippen molar-refractivity contribution in [3.05, 3.63) is 0 Å². The summed E-state index contributed by atoms with van der Waals surface area (Å²) in [6, 6.07) is -0.203. The van der Waals surface area contributed by atoms with Crippen LogP contribution in [0.15, 0.2) is 0 Å². The van der Waals surface area contributed by atoms with Crippen LogP contribution in [0.5, 0.6) is 0 Å². The van der Waals surface area contributed by atoms with Crippen LogP contribution >= 0.6 is 0 Å². The van der Waals surface area contributed by atoms with Gasteiger partial charge in [-0.2, -0.15) is 0 Å². The molecule has 0 aromatic rings. The third kappa shape index (κ3) is 3.90. The zero-order valence-electron chi connectivity index (χ0n) is 17.7. The molecule has 27 heavy (non-hydrogen) atoms. The molecule has 152 valence electrons. The first-order valence-electron chi connectivity index (χ1n) is 10.4. The monoisotopic (exact) mass is 376 g/mol. The first kappa shape index (κ1) is 20.6. The zero-order chi connectivity index (χ0) is 19.9. The van der Waals surface area contributed by atoms with E-state index in [0.29, 0.717) is 13.2 Å². The summed E-state index contributed by atoms with van der Waals surface area (Å²) < 4.78 is 11.3. The quantitative estimate of drug-likeness (QED) is 0.557. The van der Waals surface area contributed by atoms with Gasteiger partial charge in [-0.1, -0.05) is 19.8 Å². The third-order valence-electron chi connectivity index (χ3n) is 6.38. The molecule has 0 N–H and O–H groups in total. The first-order chi connectivity index (χ1) is 12.6. The van der Waals surface area contributed by atoms with Crippen LogP contribution in [0, 0.1) is 18.3 Å². The van der Waals surface area contributed by atoms with E-state index < -0.39 is 5.60 Å². The Balaban J connectivity index is 1.83. The van der Waals surface area contributed by atoms with E-state index in [9.17, 15) is 4.79 Å². The Morgan fingerprint density at radius 2 is 1.81 bits per heavy atom. The number of carbonyl (C=O) groups excluding carboxylic acids is 1. The zero-order valence-corrected chi connectivity index (χ0v) is 17.7. The number of ether oxygens (including phenoxy) is 2. The van der Waals surface area contributed by atoms with E-state index in [-0.39, 0.29) is 29.0 Å². The summed E-state index contributed by atoms with van der Waals surface area (Å²) in [6.45, 7) is 14.2. The lowest BCUT2D eigenvalue weighted by molar-refractivity contribution is -0.169. The minimum absolute atomic E-state index is 0.0174. The van der Waals surface area contributed by atoms with Crippen LogP contribution in [0.1, 0.15) is 60.3 Å². The maximum Gasteiger partial charge on any atom is 0.324 e. The van der Waals surface area contributed by atoms with Gasteiger partial charge in [0.25, 0.3) is 0 Å². The van der Waals surface area contributed by atoms with Crippen LogP contribution in [0.25, 0.3) is 0 Å². The van der Waals surface area contributed by atoms with Gasteiger partial charge < -0.3 is 9.47 Å². The Morgan fingerprint density at radius 1 is 1.19 bits per heavy atom. The Hall–Kier alpha value is -1.09. The average molecular weight is 377 g/mol. The molecule has 0 aromatic heterocycles. The summed E-state index contributed by atoms with van der Waals surface area (Å²) in [5, 5.41) is 0. The lowest BCUT2D eigenvalue weighted by Gasteiger charge is -2.55. The lowest BCUT2D eigenvalue weighted by Crippen LogP contribution is -2.69. The van der Waals surface area contributed by atoms with Crippen molar-refractivity contribution in [2.45, 2.75) is 83.0 Å². The van der Waals surface area contributed by atoms with Crippen molar-refractivity contribution < 1.29 is 14.3 Å². The van der Waals surface area contributed by atoms with Crippen LogP contribution in [0.4, 0.5) is 0 Å². The van der Waals surface area contributed by atoms with Crippen LogP contribution < -0.4 is 0 Å². The van der Waals surface area contributed by atoms with E-state index in [1.165, 1.54) is 0 Å². The fraction of sp³-hybridized carbons (Fsp3) is 0.864. The standard InChI is InChI=1S/C22H36N2O3/c1-7-21(15-26-16-21)23-12-8-10-22(14-23)11-9-13-24(22)18(17(2)3)19(25)27-20(4,5)6/h1,17-18H,8-16H2,2-6H3/t18-,22-/m0/s1. The highest BCUT2D eigenvalue weighted by Gasteiger charge is 2.53. The Morgan fingerprint density at radius 3 is 2.30 bits per heavy atom. The van der Waals surface area contributed by atoms with Gasteiger partial charge in [0.2, 0.25) is 0 Å². The molecule has 3 heterocycles. The topological polar surface area (TPSA) is 42.0 Å². The molecular formula is C22H36N2O3. The molecule has 3 rings (SSSR count). The van der Waals surface area contributed by atoms with Crippen molar-refractivity contribution in [2.24, 2.45) is 5.92 Å². The maximum atomic E-state index is 13.1. The van der Waals surface area contributed by atoms with Crippen LogP contribution in [-0.4, -0.2) is 71.3 Å². The van der Waals surface area contributed by atoms with Gasteiger partial charge in [0.15, 0.2) is 0 Å². The summed E-state index contributed by atoms with van der Waals surface area (Å²) in [5.74, 6) is 3.12. The second kappa shape index (κ2) is 7.39. The van der Waals surface area contributed by atoms with Crippen molar-refractivity contribution in [2.75, 3.05) is 32.8 Å². The lowest BCUT2D eigenvalue weighted by atomic mass is 9.81. The third-order valence-corrected chi connectivity index (χ3v) is 6.38. The Labute approximate surface area is 164 Å². The normalized spacial score (nSPS) is 30.1. The van der Waals surface area contributed by atoms with E-state index >= 15 is 0 Å². The number of esters is 1. The second-order valence-electron chi connectivity index (χ2n) is 9.94. The molecule has 0 amide bonds. The number of piperidine rings is 1. The van der Waals surface area contributed by atoms with Gasteiger partial charge in [-0.15, -0.1) is 6.42 Å². The molecule has 1 spiro atoms. The maximum absolute atomic E-state index is 13.1. The number of carbonyl (C=O) groups is 1. The molecule has 0 aromatic carbocycles. The second-order valence-corrected chi connectivity index (χ2v) is 9.94. The minimum Gasteiger partial charge on any atom is -0.459 e. The Kier molecular flexibility index (Phi) is 5.65. The van der Waals surface area contributed by atoms with E-state index in [0.717, 1.165) is 45.3 Å². The average Bonchev–Trinajstić information content (AvgIpc) is 2.87. The Bertz CT molecular complexity index is 600. The van der Waals surface area contributed by atoms with Gasteiger partial charge >= 0.3 is 5.97 Å². The van der Waals surface area contributed by atoms with Gasteiger partial charge in [-0.05, 0) is 65.5 Å². The highest BCUT2D eigenvalue weighted by molar-refractivity contribution is 5.76. The molecule has 3 fully saturated rings. The predicted molar refractivity (Wildman–Crippen MR) is 106 cm³/mol. The molecule has 0 aliphatic carbocycles. The largest absolute Gasteiger partial charge is 0.459 e. The molecule has 5 nitrogen and oxygen atoms in total. The minimum atomic E-state index is -0.466. The highest BCUT2D eigenvalue weighted by atomic mass is 16.6. The molecule has 0 saturated carbocycles. The fourth-order valence-electron chi connectivity index (χ4n) is 5.08. The number of terminal acetylenes is 1. The summed E-state index contributed by atoms with van der Waals surface area (Å²) in [4.78, 5) is 18.0. The number of hydrogen-bond donors (Lipinski definition) is 0. The van der Waals surface area contributed by atoms with Crippen LogP contribution in [0.2, 0.25) is 0 Å². The molecule has 0 bridgehead atoms. The fourth-order valence-corrected chi connectivity index (χ4v) is 5.08. The molecule has 2 atom stereocenters. The van der Waals surface area contributed by atoms with Crippen molar-refractivity contribution in [3.63, 3.8) is 0 Å². The molecule has 0 unspecified atom stereocenters. The molecule has 5 heteroatoms. The van der Waals surface area contributed by atoms with Crippen molar-refractivity contribution in [1.29, 1.82) is 0 Å². The van der Waals surface area contributed by atoms with E-state index in [2.05, 4.69) is 29.6 Å². The van der Waals surface area contributed by atoms with E-state index in [1.54, 1.807) is 0 Å². The van der Waals surface area contributed by atoms with Gasteiger partial charge in [0.05, 0.1) is 13.2 Å². The summed E-state index contributed by atoms with van der Waals surface area (Å²) in [6.07, 6.45) is 10.4. The van der Waals surface area contributed by atoms with Gasteiger partial charge in [0, 0.05) is 12.1 Å². The number of nitrogens with zero attached hydrogens (tertiary/aromatic N) is 2. The van der Waals surface area contributed by atoms with E-state index in [4.69, 9.17) is 15.9 Å². The predicted octanol–water partition coefficient (Wildman–Crippen LogP) is 2.69. The van der Waals surface area contributed by atoms with Gasteiger partial charge in [0.1, 0.15) is 17.2 Å². The smallest absolute Gasteiger partial charge is 0.324 e. The molecular weight excluding hydrogens is 340 g/mol.